The first kappa shape index (κ1) is 17.4. The maximum Gasteiger partial charge on any atom is 0.322 e. The molecule has 108 valence electrons. The van der Waals surface area contributed by atoms with E-state index in [1.165, 1.54) is 0 Å². The van der Waals surface area contributed by atoms with E-state index in [0.717, 1.165) is 25.8 Å². The Bertz CT molecular complexity index is 232. The number of nitrogens with zero attached hydrogens (tertiary/aromatic N) is 1. The highest BCUT2D eigenvalue weighted by Gasteiger charge is 2.23. The monoisotopic (exact) mass is 258 g/mol. The molecule has 0 saturated heterocycles. The number of rotatable bonds is 10. The van der Waals surface area contributed by atoms with Gasteiger partial charge in [0.2, 0.25) is 0 Å². The van der Waals surface area contributed by atoms with Gasteiger partial charge in [0.05, 0.1) is 0 Å². The lowest BCUT2D eigenvalue weighted by Crippen LogP contribution is -2.50. The van der Waals surface area contributed by atoms with Gasteiger partial charge in [-0.1, -0.05) is 34.1 Å². The lowest BCUT2D eigenvalue weighted by molar-refractivity contribution is -0.140. The van der Waals surface area contributed by atoms with Crippen LogP contribution in [0.3, 0.4) is 0 Å². The number of carboxylic acids is 1. The highest BCUT2D eigenvalue weighted by Crippen LogP contribution is 2.07. The molecular formula is C14H30N2O2. The third-order valence-corrected chi connectivity index (χ3v) is 3.26. The number of nitrogens with one attached hydrogen (secondary N) is 1. The quantitative estimate of drug-likeness (QED) is 0.631. The van der Waals surface area contributed by atoms with Gasteiger partial charge in [-0.05, 0) is 26.3 Å². The summed E-state index contributed by atoms with van der Waals surface area (Å²) in [4.78, 5) is 13.6. The SMILES string of the molecule is CCCCN(CC(NC(C)C)C(=O)O)C(C)CC. The van der Waals surface area contributed by atoms with Crippen LogP contribution < -0.4 is 5.32 Å². The maximum atomic E-state index is 11.3. The van der Waals surface area contributed by atoms with Gasteiger partial charge in [0.1, 0.15) is 6.04 Å². The Hall–Kier alpha value is -0.610. The molecule has 2 atom stereocenters. The van der Waals surface area contributed by atoms with Gasteiger partial charge >= 0.3 is 5.97 Å². The highest BCUT2D eigenvalue weighted by molar-refractivity contribution is 5.73. The zero-order valence-electron chi connectivity index (χ0n) is 12.6. The number of carbonyl (C=O) groups is 1. The third kappa shape index (κ3) is 6.97. The Balaban J connectivity index is 4.52. The van der Waals surface area contributed by atoms with Crippen molar-refractivity contribution in [1.82, 2.24) is 10.2 Å². The number of hydrogen-bond donors (Lipinski definition) is 2. The molecule has 0 radical (unpaired) electrons. The maximum absolute atomic E-state index is 11.3. The number of hydrogen-bond acceptors (Lipinski definition) is 3. The Labute approximate surface area is 112 Å². The van der Waals surface area contributed by atoms with Gasteiger partial charge in [0.15, 0.2) is 0 Å². The first-order valence-electron chi connectivity index (χ1n) is 7.15. The molecule has 0 rings (SSSR count). The lowest BCUT2D eigenvalue weighted by Gasteiger charge is -2.31. The molecule has 2 unspecified atom stereocenters. The molecule has 0 fully saturated rings. The van der Waals surface area contributed by atoms with E-state index in [-0.39, 0.29) is 6.04 Å². The van der Waals surface area contributed by atoms with Gasteiger partial charge in [-0.3, -0.25) is 9.69 Å². The lowest BCUT2D eigenvalue weighted by atomic mass is 10.1. The minimum absolute atomic E-state index is 0.191. The number of aliphatic carboxylic acids is 1. The van der Waals surface area contributed by atoms with Crippen LogP contribution in [-0.2, 0) is 4.79 Å². The van der Waals surface area contributed by atoms with E-state index < -0.39 is 12.0 Å². The highest BCUT2D eigenvalue weighted by atomic mass is 16.4. The van der Waals surface area contributed by atoms with Crippen LogP contribution in [0, 0.1) is 0 Å². The Morgan fingerprint density at radius 1 is 1.28 bits per heavy atom. The van der Waals surface area contributed by atoms with Gasteiger partial charge < -0.3 is 10.4 Å². The van der Waals surface area contributed by atoms with Crippen LogP contribution in [0.4, 0.5) is 0 Å². The third-order valence-electron chi connectivity index (χ3n) is 3.26. The smallest absolute Gasteiger partial charge is 0.322 e. The van der Waals surface area contributed by atoms with Crippen molar-refractivity contribution in [3.05, 3.63) is 0 Å². The van der Waals surface area contributed by atoms with Crippen molar-refractivity contribution in [2.45, 2.75) is 72.0 Å². The van der Waals surface area contributed by atoms with Crippen molar-refractivity contribution >= 4 is 5.97 Å². The van der Waals surface area contributed by atoms with Crippen molar-refractivity contribution < 1.29 is 9.90 Å². The Morgan fingerprint density at radius 2 is 1.89 bits per heavy atom. The summed E-state index contributed by atoms with van der Waals surface area (Å²) in [6, 6.07) is 0.152. The fraction of sp³-hybridized carbons (Fsp3) is 0.929. The molecule has 0 aliphatic heterocycles. The molecule has 0 aromatic carbocycles. The minimum Gasteiger partial charge on any atom is -0.480 e. The summed E-state index contributed by atoms with van der Waals surface area (Å²) in [7, 11) is 0. The van der Waals surface area contributed by atoms with Crippen LogP contribution in [0.2, 0.25) is 0 Å². The molecule has 0 aliphatic carbocycles. The summed E-state index contributed by atoms with van der Waals surface area (Å²) in [5, 5.41) is 12.4. The van der Waals surface area contributed by atoms with Crippen LogP contribution in [-0.4, -0.2) is 47.2 Å². The molecule has 18 heavy (non-hydrogen) atoms. The molecule has 2 N–H and O–H groups in total. The van der Waals surface area contributed by atoms with Crippen LogP contribution in [0.25, 0.3) is 0 Å². The predicted molar refractivity (Wildman–Crippen MR) is 75.9 cm³/mol. The Kier molecular flexibility index (Phi) is 9.02. The van der Waals surface area contributed by atoms with Gasteiger partial charge in [-0.2, -0.15) is 0 Å². The van der Waals surface area contributed by atoms with E-state index in [9.17, 15) is 9.90 Å². The second kappa shape index (κ2) is 9.34. The molecule has 4 heteroatoms. The summed E-state index contributed by atoms with van der Waals surface area (Å²) < 4.78 is 0. The van der Waals surface area contributed by atoms with E-state index >= 15 is 0 Å². The van der Waals surface area contributed by atoms with Crippen molar-refractivity contribution in [2.75, 3.05) is 13.1 Å². The average molecular weight is 258 g/mol. The summed E-state index contributed by atoms with van der Waals surface area (Å²) in [6.45, 7) is 12.0. The molecule has 4 nitrogen and oxygen atoms in total. The molecule has 0 aromatic rings. The standard InChI is InChI=1S/C14H30N2O2/c1-6-8-9-16(12(5)7-2)10-13(14(17)18)15-11(3)4/h11-13,15H,6-10H2,1-5H3,(H,17,18). The van der Waals surface area contributed by atoms with Crippen LogP contribution >= 0.6 is 0 Å². The summed E-state index contributed by atoms with van der Waals surface area (Å²) >= 11 is 0. The van der Waals surface area contributed by atoms with Crippen molar-refractivity contribution in [1.29, 1.82) is 0 Å². The Morgan fingerprint density at radius 3 is 2.28 bits per heavy atom. The summed E-state index contributed by atoms with van der Waals surface area (Å²) in [6.07, 6.45) is 3.32. The molecule has 0 heterocycles. The predicted octanol–water partition coefficient (Wildman–Crippen LogP) is 2.34. The van der Waals surface area contributed by atoms with E-state index in [4.69, 9.17) is 0 Å². The molecule has 0 bridgehead atoms. The van der Waals surface area contributed by atoms with Crippen molar-refractivity contribution in [3.63, 3.8) is 0 Å². The summed E-state index contributed by atoms with van der Waals surface area (Å²) in [5.41, 5.74) is 0. The zero-order chi connectivity index (χ0) is 14.1. The first-order valence-corrected chi connectivity index (χ1v) is 7.15. The van der Waals surface area contributed by atoms with Gasteiger partial charge in [0, 0.05) is 18.6 Å². The molecule has 0 saturated carbocycles. The van der Waals surface area contributed by atoms with Crippen LogP contribution in [0.5, 0.6) is 0 Å². The first-order chi connectivity index (χ1) is 8.42. The fourth-order valence-electron chi connectivity index (χ4n) is 1.95. The van der Waals surface area contributed by atoms with Gasteiger partial charge in [0.25, 0.3) is 0 Å². The topological polar surface area (TPSA) is 52.6 Å². The average Bonchev–Trinajstić information content (AvgIpc) is 2.31. The normalized spacial score (nSPS) is 15.1. The molecule has 0 spiro atoms. The number of carboxylic acid groups (broad SMARTS) is 1. The molecular weight excluding hydrogens is 228 g/mol. The minimum atomic E-state index is -0.756. The largest absolute Gasteiger partial charge is 0.480 e. The second-order valence-electron chi connectivity index (χ2n) is 5.32. The summed E-state index contributed by atoms with van der Waals surface area (Å²) in [5.74, 6) is -0.756. The van der Waals surface area contributed by atoms with Gasteiger partial charge in [-0.25, -0.2) is 0 Å². The second-order valence-corrected chi connectivity index (χ2v) is 5.32. The van der Waals surface area contributed by atoms with Crippen molar-refractivity contribution in [2.24, 2.45) is 0 Å². The molecule has 0 aliphatic rings. The molecule has 0 amide bonds. The van der Waals surface area contributed by atoms with E-state index in [1.807, 2.05) is 13.8 Å². The van der Waals surface area contributed by atoms with Crippen molar-refractivity contribution in [3.8, 4) is 0 Å². The van der Waals surface area contributed by atoms with E-state index in [0.29, 0.717) is 12.6 Å². The van der Waals surface area contributed by atoms with Gasteiger partial charge in [-0.15, -0.1) is 0 Å². The zero-order valence-corrected chi connectivity index (χ0v) is 12.6. The number of unbranched alkanes of at least 4 members (excludes halogenated alkanes) is 1. The van der Waals surface area contributed by atoms with Crippen LogP contribution in [0.15, 0.2) is 0 Å². The fourth-order valence-corrected chi connectivity index (χ4v) is 1.95. The van der Waals surface area contributed by atoms with Crippen LogP contribution in [0.1, 0.15) is 53.9 Å². The van der Waals surface area contributed by atoms with E-state index in [1.54, 1.807) is 0 Å². The molecule has 0 aromatic heterocycles. The van der Waals surface area contributed by atoms with E-state index in [2.05, 4.69) is 31.0 Å².